The molecule has 160 valence electrons. The lowest BCUT2D eigenvalue weighted by Gasteiger charge is -2.10. The van der Waals surface area contributed by atoms with Gasteiger partial charge in [-0.1, -0.05) is 24.6 Å². The van der Waals surface area contributed by atoms with Gasteiger partial charge in [0.15, 0.2) is 0 Å². The van der Waals surface area contributed by atoms with Crippen LogP contribution in [0, 0.1) is 5.92 Å². The van der Waals surface area contributed by atoms with Crippen molar-refractivity contribution in [2.45, 2.75) is 32.7 Å². The van der Waals surface area contributed by atoms with Gasteiger partial charge in [0.05, 0.1) is 17.3 Å². The zero-order chi connectivity index (χ0) is 21.8. The van der Waals surface area contributed by atoms with Crippen LogP contribution in [0.1, 0.15) is 31.7 Å². The Kier molecular flexibility index (Phi) is 6.32. The van der Waals surface area contributed by atoms with Crippen LogP contribution in [0.2, 0.25) is 5.02 Å². The van der Waals surface area contributed by atoms with Crippen LogP contribution in [0.4, 0.5) is 0 Å². The Morgan fingerprint density at radius 2 is 2.10 bits per heavy atom. The molecule has 0 radical (unpaired) electrons. The molecule has 31 heavy (non-hydrogen) atoms. The number of aromatic amines is 1. The highest BCUT2D eigenvalue weighted by Gasteiger charge is 2.22. The lowest BCUT2D eigenvalue weighted by molar-refractivity contribution is -0.120. The first-order chi connectivity index (χ1) is 15.0. The second-order valence-electron chi connectivity index (χ2n) is 7.56. The molecule has 0 unspecified atom stereocenters. The molecule has 1 amide bonds. The summed E-state index contributed by atoms with van der Waals surface area (Å²) in [4.78, 5) is 35.5. The van der Waals surface area contributed by atoms with E-state index in [1.165, 1.54) is 18.9 Å². The molecule has 1 aliphatic rings. The number of aromatic nitrogens is 3. The first-order valence-electron chi connectivity index (χ1n) is 10.3. The number of benzene rings is 1. The highest BCUT2D eigenvalue weighted by molar-refractivity contribution is 6.33. The van der Waals surface area contributed by atoms with E-state index in [0.717, 1.165) is 5.56 Å². The molecule has 1 aromatic carbocycles. The quantitative estimate of drug-likeness (QED) is 0.554. The molecule has 0 atom stereocenters. The second-order valence-corrected chi connectivity index (χ2v) is 7.97. The molecule has 7 nitrogen and oxygen atoms in total. The number of nitrogens with zero attached hydrogens (tertiary/aromatic N) is 2. The van der Waals surface area contributed by atoms with Crippen molar-refractivity contribution in [1.82, 2.24) is 20.3 Å². The van der Waals surface area contributed by atoms with E-state index >= 15 is 0 Å². The van der Waals surface area contributed by atoms with Crippen molar-refractivity contribution in [2.75, 3.05) is 6.61 Å². The molecule has 2 heterocycles. The normalized spacial score (nSPS) is 13.1. The summed E-state index contributed by atoms with van der Waals surface area (Å²) in [5.74, 6) is 1.52. The summed E-state index contributed by atoms with van der Waals surface area (Å²) in [6.07, 6.45) is 4.49. The number of hydrogen-bond acceptors (Lipinski definition) is 5. The summed E-state index contributed by atoms with van der Waals surface area (Å²) in [5, 5.41) is 3.28. The Hall–Kier alpha value is -3.19. The van der Waals surface area contributed by atoms with Crippen molar-refractivity contribution in [3.8, 4) is 28.5 Å². The number of pyridine rings is 1. The third-order valence-corrected chi connectivity index (χ3v) is 5.36. The zero-order valence-corrected chi connectivity index (χ0v) is 17.9. The van der Waals surface area contributed by atoms with E-state index in [0.29, 0.717) is 59.0 Å². The first-order valence-corrected chi connectivity index (χ1v) is 10.7. The largest absolute Gasteiger partial charge is 0.477 e. The van der Waals surface area contributed by atoms with E-state index in [1.807, 2.05) is 18.2 Å². The van der Waals surface area contributed by atoms with Crippen LogP contribution in [0.15, 0.2) is 47.4 Å². The number of rotatable bonds is 8. The van der Waals surface area contributed by atoms with Gasteiger partial charge in [0.2, 0.25) is 11.8 Å². The molecule has 1 aliphatic carbocycles. The molecule has 1 saturated carbocycles. The summed E-state index contributed by atoms with van der Waals surface area (Å²) in [7, 11) is 0. The van der Waals surface area contributed by atoms with Crippen molar-refractivity contribution >= 4 is 17.5 Å². The SMILES string of the molecule is CCC(=O)NCc1ccc(Cl)c(-c2nc(-c3ccc(OCC4CC4)nc3)cc(=O)[nH]2)c1. The predicted octanol–water partition coefficient (Wildman–Crippen LogP) is 3.97. The fraction of sp³-hybridized carbons (Fsp3) is 0.304. The number of nitrogens with one attached hydrogen (secondary N) is 2. The molecular weight excluding hydrogens is 416 g/mol. The minimum Gasteiger partial charge on any atom is -0.477 e. The third-order valence-electron chi connectivity index (χ3n) is 5.03. The highest BCUT2D eigenvalue weighted by Crippen LogP contribution is 2.30. The Bertz CT molecular complexity index is 1140. The van der Waals surface area contributed by atoms with E-state index in [9.17, 15) is 9.59 Å². The molecule has 2 N–H and O–H groups in total. The number of halogens is 1. The molecule has 8 heteroatoms. The Labute approximate surface area is 184 Å². The van der Waals surface area contributed by atoms with E-state index in [4.69, 9.17) is 16.3 Å². The standard InChI is InChI=1S/C23H23ClN4O3/c1-2-20(29)25-11-15-5-7-18(24)17(9-15)23-27-19(10-21(30)28-23)16-6-8-22(26-12-16)31-13-14-3-4-14/h5-10,12,14H,2-4,11,13H2,1H3,(H,25,29)(H,27,28,30). The summed E-state index contributed by atoms with van der Waals surface area (Å²) < 4.78 is 5.67. The smallest absolute Gasteiger partial charge is 0.251 e. The molecule has 1 fully saturated rings. The molecular formula is C23H23ClN4O3. The van der Waals surface area contributed by atoms with Gasteiger partial charge < -0.3 is 15.0 Å². The van der Waals surface area contributed by atoms with Crippen LogP contribution >= 0.6 is 11.6 Å². The van der Waals surface area contributed by atoms with E-state index < -0.39 is 0 Å². The maximum Gasteiger partial charge on any atom is 0.251 e. The van der Waals surface area contributed by atoms with Crippen molar-refractivity contribution in [1.29, 1.82) is 0 Å². The second kappa shape index (κ2) is 9.31. The molecule has 0 aliphatic heterocycles. The van der Waals surface area contributed by atoms with Gasteiger partial charge in [-0.15, -0.1) is 0 Å². The van der Waals surface area contributed by atoms with Crippen molar-refractivity contribution < 1.29 is 9.53 Å². The Morgan fingerprint density at radius 3 is 2.81 bits per heavy atom. The van der Waals surface area contributed by atoms with Gasteiger partial charge in [-0.05, 0) is 42.5 Å². The van der Waals surface area contributed by atoms with Crippen LogP contribution in [0.25, 0.3) is 22.6 Å². The summed E-state index contributed by atoms with van der Waals surface area (Å²) in [5.41, 5.74) is 2.33. The van der Waals surface area contributed by atoms with Crippen LogP contribution in [-0.2, 0) is 11.3 Å². The first kappa shape index (κ1) is 21.1. The topological polar surface area (TPSA) is 97.0 Å². The minimum atomic E-state index is -0.296. The Morgan fingerprint density at radius 1 is 1.26 bits per heavy atom. The molecule has 2 aromatic heterocycles. The number of hydrogen-bond donors (Lipinski definition) is 2. The van der Waals surface area contributed by atoms with Gasteiger partial charge in [-0.2, -0.15) is 0 Å². The summed E-state index contributed by atoms with van der Waals surface area (Å²) in [6.45, 7) is 2.85. The molecule has 0 saturated heterocycles. The maximum atomic E-state index is 12.3. The van der Waals surface area contributed by atoms with Crippen molar-refractivity contribution in [2.24, 2.45) is 5.92 Å². The number of carbonyl (C=O) groups is 1. The number of amides is 1. The molecule has 3 aromatic rings. The maximum absolute atomic E-state index is 12.3. The van der Waals surface area contributed by atoms with Crippen LogP contribution in [0.3, 0.4) is 0 Å². The molecule has 0 spiro atoms. The summed E-state index contributed by atoms with van der Waals surface area (Å²) >= 11 is 6.38. The lowest BCUT2D eigenvalue weighted by Crippen LogP contribution is -2.21. The van der Waals surface area contributed by atoms with Crippen molar-refractivity contribution in [3.63, 3.8) is 0 Å². The van der Waals surface area contributed by atoms with E-state index in [-0.39, 0.29) is 11.5 Å². The van der Waals surface area contributed by atoms with Gasteiger partial charge in [-0.25, -0.2) is 9.97 Å². The summed E-state index contributed by atoms with van der Waals surface area (Å²) in [6, 6.07) is 10.4. The molecule has 4 rings (SSSR count). The van der Waals surface area contributed by atoms with Gasteiger partial charge in [0.1, 0.15) is 5.82 Å². The van der Waals surface area contributed by atoms with E-state index in [2.05, 4.69) is 20.3 Å². The number of carbonyl (C=O) groups excluding carboxylic acids is 1. The highest BCUT2D eigenvalue weighted by atomic mass is 35.5. The van der Waals surface area contributed by atoms with Gasteiger partial charge in [0, 0.05) is 42.4 Å². The predicted molar refractivity (Wildman–Crippen MR) is 119 cm³/mol. The average Bonchev–Trinajstić information content (AvgIpc) is 3.61. The number of ether oxygens (including phenoxy) is 1. The average molecular weight is 439 g/mol. The fourth-order valence-corrected chi connectivity index (χ4v) is 3.23. The van der Waals surface area contributed by atoms with E-state index in [1.54, 1.807) is 25.3 Å². The number of H-pyrrole nitrogens is 1. The Balaban J connectivity index is 1.58. The zero-order valence-electron chi connectivity index (χ0n) is 17.2. The van der Waals surface area contributed by atoms with Crippen LogP contribution in [-0.4, -0.2) is 27.5 Å². The molecule has 0 bridgehead atoms. The lowest BCUT2D eigenvalue weighted by atomic mass is 10.1. The van der Waals surface area contributed by atoms with Crippen LogP contribution in [0.5, 0.6) is 5.88 Å². The van der Waals surface area contributed by atoms with Gasteiger partial charge in [-0.3, -0.25) is 9.59 Å². The third kappa shape index (κ3) is 5.49. The van der Waals surface area contributed by atoms with Gasteiger partial charge >= 0.3 is 0 Å². The monoisotopic (exact) mass is 438 g/mol. The fourth-order valence-electron chi connectivity index (χ4n) is 3.03. The minimum absolute atomic E-state index is 0.0397. The van der Waals surface area contributed by atoms with Crippen LogP contribution < -0.4 is 15.6 Å². The van der Waals surface area contributed by atoms with Crippen molar-refractivity contribution in [3.05, 3.63) is 63.5 Å². The van der Waals surface area contributed by atoms with Gasteiger partial charge in [0.25, 0.3) is 5.56 Å².